The lowest BCUT2D eigenvalue weighted by Crippen LogP contribution is -2.43. The Balaban J connectivity index is 2.30. The molecule has 3 N–H and O–H groups in total. The summed E-state index contributed by atoms with van der Waals surface area (Å²) in [5.41, 5.74) is -0.361. The topological polar surface area (TPSA) is 118 Å². The second kappa shape index (κ2) is 9.61. The number of hydrogen-bond acceptors (Lipinski definition) is 5. The number of carbonyl (C=O) groups excluding carboxylic acids is 2. The lowest BCUT2D eigenvalue weighted by Gasteiger charge is -2.22. The Morgan fingerprint density at radius 1 is 1.24 bits per heavy atom. The molecule has 0 saturated heterocycles. The lowest BCUT2D eigenvalue weighted by atomic mass is 10.1. The van der Waals surface area contributed by atoms with Crippen molar-refractivity contribution in [2.75, 3.05) is 6.54 Å². The average molecular weight is 351 g/mol. The number of nitrogens with zero attached hydrogens (tertiary/aromatic N) is 1. The third-order valence-corrected chi connectivity index (χ3v) is 3.09. The van der Waals surface area contributed by atoms with Gasteiger partial charge in [-0.25, -0.2) is 9.59 Å². The highest BCUT2D eigenvalue weighted by atomic mass is 16.6. The van der Waals surface area contributed by atoms with E-state index < -0.39 is 23.7 Å². The standard InChI is InChI=1S/C17H25N3O5/c1-17(2,3)25-16(24)20-13(15(22)23)9-5-7-11-19-14(21)12-8-4-6-10-18-12/h4,6,8,10,13H,5,7,9,11H2,1-3H3,(H,19,21)(H,20,24)(H,22,23)/t13-/m1/s1. The van der Waals surface area contributed by atoms with Gasteiger partial charge >= 0.3 is 12.1 Å². The lowest BCUT2D eigenvalue weighted by molar-refractivity contribution is -0.139. The Labute approximate surface area is 147 Å². The van der Waals surface area contributed by atoms with Crippen LogP contribution in [0.2, 0.25) is 0 Å². The van der Waals surface area contributed by atoms with Crippen molar-refractivity contribution < 1.29 is 24.2 Å². The summed E-state index contributed by atoms with van der Waals surface area (Å²) in [4.78, 5) is 38.6. The van der Waals surface area contributed by atoms with E-state index in [1.165, 1.54) is 6.20 Å². The van der Waals surface area contributed by atoms with Gasteiger partial charge in [0.2, 0.25) is 0 Å². The molecule has 0 radical (unpaired) electrons. The van der Waals surface area contributed by atoms with E-state index in [0.717, 1.165) is 0 Å². The summed E-state index contributed by atoms with van der Waals surface area (Å²) in [6.07, 6.45) is 2.12. The molecular formula is C17H25N3O5. The summed E-state index contributed by atoms with van der Waals surface area (Å²) in [7, 11) is 0. The molecule has 1 aromatic rings. The number of alkyl carbamates (subject to hydrolysis) is 1. The molecule has 2 amide bonds. The molecule has 1 aromatic heterocycles. The molecule has 1 heterocycles. The zero-order chi connectivity index (χ0) is 18.9. The molecule has 0 unspecified atom stereocenters. The van der Waals surface area contributed by atoms with Gasteiger partial charge in [-0.05, 0) is 52.2 Å². The van der Waals surface area contributed by atoms with Crippen molar-refractivity contribution in [3.05, 3.63) is 30.1 Å². The molecule has 0 aliphatic heterocycles. The number of aromatic nitrogens is 1. The van der Waals surface area contributed by atoms with Crippen molar-refractivity contribution in [1.82, 2.24) is 15.6 Å². The zero-order valence-electron chi connectivity index (χ0n) is 14.7. The molecule has 0 aliphatic carbocycles. The zero-order valence-corrected chi connectivity index (χ0v) is 14.7. The molecular weight excluding hydrogens is 326 g/mol. The number of ether oxygens (including phenoxy) is 1. The molecule has 1 atom stereocenters. The highest BCUT2D eigenvalue weighted by molar-refractivity contribution is 5.92. The minimum absolute atomic E-state index is 0.244. The van der Waals surface area contributed by atoms with Gasteiger partial charge in [0.1, 0.15) is 17.3 Å². The summed E-state index contributed by atoms with van der Waals surface area (Å²) in [5.74, 6) is -1.40. The molecule has 0 bridgehead atoms. The minimum atomic E-state index is -1.12. The molecule has 0 fully saturated rings. The van der Waals surface area contributed by atoms with Crippen LogP contribution >= 0.6 is 0 Å². The Morgan fingerprint density at radius 3 is 2.52 bits per heavy atom. The van der Waals surface area contributed by atoms with Crippen LogP contribution in [0.1, 0.15) is 50.5 Å². The van der Waals surface area contributed by atoms with Crippen molar-refractivity contribution in [2.24, 2.45) is 0 Å². The Kier molecular flexibility index (Phi) is 7.84. The predicted molar refractivity (Wildman–Crippen MR) is 91.2 cm³/mol. The van der Waals surface area contributed by atoms with Crippen molar-refractivity contribution in [3.63, 3.8) is 0 Å². The number of pyridine rings is 1. The van der Waals surface area contributed by atoms with Crippen LogP contribution in [-0.2, 0) is 9.53 Å². The number of unbranched alkanes of at least 4 members (excludes halogenated alkanes) is 1. The van der Waals surface area contributed by atoms with Crippen LogP contribution in [0.25, 0.3) is 0 Å². The predicted octanol–water partition coefficient (Wildman–Crippen LogP) is 1.96. The number of hydrogen-bond donors (Lipinski definition) is 3. The first-order valence-corrected chi connectivity index (χ1v) is 8.10. The first-order valence-electron chi connectivity index (χ1n) is 8.10. The molecule has 8 nitrogen and oxygen atoms in total. The fraction of sp³-hybridized carbons (Fsp3) is 0.529. The van der Waals surface area contributed by atoms with E-state index in [4.69, 9.17) is 9.84 Å². The van der Waals surface area contributed by atoms with E-state index >= 15 is 0 Å². The van der Waals surface area contributed by atoms with E-state index in [-0.39, 0.29) is 12.3 Å². The van der Waals surface area contributed by atoms with Gasteiger partial charge in [-0.15, -0.1) is 0 Å². The quantitative estimate of drug-likeness (QED) is 0.616. The van der Waals surface area contributed by atoms with Crippen molar-refractivity contribution in [3.8, 4) is 0 Å². The SMILES string of the molecule is CC(C)(C)OC(=O)N[C@H](CCCCNC(=O)c1ccccn1)C(=O)O. The second-order valence-electron chi connectivity index (χ2n) is 6.50. The smallest absolute Gasteiger partial charge is 0.408 e. The van der Waals surface area contributed by atoms with Gasteiger partial charge in [-0.3, -0.25) is 9.78 Å². The number of carboxylic acids is 1. The average Bonchev–Trinajstić information content (AvgIpc) is 2.52. The van der Waals surface area contributed by atoms with E-state index in [0.29, 0.717) is 25.1 Å². The number of carboxylic acid groups (broad SMARTS) is 1. The van der Waals surface area contributed by atoms with Crippen LogP contribution in [-0.4, -0.2) is 46.2 Å². The van der Waals surface area contributed by atoms with E-state index in [9.17, 15) is 14.4 Å². The highest BCUT2D eigenvalue weighted by Gasteiger charge is 2.23. The van der Waals surface area contributed by atoms with Crippen molar-refractivity contribution in [1.29, 1.82) is 0 Å². The molecule has 0 saturated carbocycles. The van der Waals surface area contributed by atoms with Gasteiger partial charge in [0.15, 0.2) is 0 Å². The van der Waals surface area contributed by atoms with Crippen LogP contribution in [0.15, 0.2) is 24.4 Å². The van der Waals surface area contributed by atoms with Crippen LogP contribution in [0, 0.1) is 0 Å². The monoisotopic (exact) mass is 351 g/mol. The molecule has 0 aliphatic rings. The van der Waals surface area contributed by atoms with Gasteiger partial charge in [-0.1, -0.05) is 6.07 Å². The normalized spacial score (nSPS) is 12.1. The third-order valence-electron chi connectivity index (χ3n) is 3.09. The maximum Gasteiger partial charge on any atom is 0.408 e. The Morgan fingerprint density at radius 2 is 1.96 bits per heavy atom. The summed E-state index contributed by atoms with van der Waals surface area (Å²) in [6.45, 7) is 5.50. The fourth-order valence-electron chi connectivity index (χ4n) is 1.97. The first-order chi connectivity index (χ1) is 11.7. The molecule has 1 rings (SSSR count). The number of rotatable bonds is 8. The number of amides is 2. The van der Waals surface area contributed by atoms with Crippen molar-refractivity contribution >= 4 is 18.0 Å². The minimum Gasteiger partial charge on any atom is -0.480 e. The third kappa shape index (κ3) is 8.69. The maximum atomic E-state index is 11.8. The van der Waals surface area contributed by atoms with Gasteiger partial charge in [-0.2, -0.15) is 0 Å². The molecule has 8 heteroatoms. The number of nitrogens with one attached hydrogen (secondary N) is 2. The summed E-state index contributed by atoms with van der Waals surface area (Å²) in [6, 6.07) is 4.03. The van der Waals surface area contributed by atoms with Crippen LogP contribution in [0.5, 0.6) is 0 Å². The van der Waals surface area contributed by atoms with E-state index in [2.05, 4.69) is 15.6 Å². The van der Waals surface area contributed by atoms with Gasteiger partial charge < -0.3 is 20.5 Å². The fourth-order valence-corrected chi connectivity index (χ4v) is 1.97. The van der Waals surface area contributed by atoms with Gasteiger partial charge in [0, 0.05) is 12.7 Å². The number of carbonyl (C=O) groups is 3. The van der Waals surface area contributed by atoms with Gasteiger partial charge in [0.25, 0.3) is 5.91 Å². The Hall–Kier alpha value is -2.64. The summed E-state index contributed by atoms with van der Waals surface area (Å²) in [5, 5.41) is 14.2. The molecule has 0 spiro atoms. The first kappa shape index (κ1) is 20.4. The molecule has 138 valence electrons. The highest BCUT2D eigenvalue weighted by Crippen LogP contribution is 2.08. The van der Waals surface area contributed by atoms with Gasteiger partial charge in [0.05, 0.1) is 0 Å². The Bertz CT molecular complexity index is 584. The largest absolute Gasteiger partial charge is 0.480 e. The molecule has 0 aromatic carbocycles. The number of aliphatic carboxylic acids is 1. The van der Waals surface area contributed by atoms with Crippen LogP contribution in [0.4, 0.5) is 4.79 Å². The summed E-state index contributed by atoms with van der Waals surface area (Å²) >= 11 is 0. The molecule has 25 heavy (non-hydrogen) atoms. The van der Waals surface area contributed by atoms with Crippen LogP contribution < -0.4 is 10.6 Å². The van der Waals surface area contributed by atoms with Crippen LogP contribution in [0.3, 0.4) is 0 Å². The van der Waals surface area contributed by atoms with E-state index in [1.54, 1.807) is 39.0 Å². The second-order valence-corrected chi connectivity index (χ2v) is 6.50. The summed E-state index contributed by atoms with van der Waals surface area (Å²) < 4.78 is 5.05. The maximum absolute atomic E-state index is 11.8. The van der Waals surface area contributed by atoms with Crippen molar-refractivity contribution in [2.45, 2.75) is 51.7 Å². The van der Waals surface area contributed by atoms with E-state index in [1.807, 2.05) is 0 Å².